The van der Waals surface area contributed by atoms with E-state index in [0.29, 0.717) is 23.9 Å². The molecular formula is C70H123N2O7P. The first-order valence-corrected chi connectivity index (χ1v) is 34.2. The van der Waals surface area contributed by atoms with E-state index in [1.54, 1.807) is 0 Å². The average molecular weight is 1140 g/mol. The van der Waals surface area contributed by atoms with Gasteiger partial charge in [0.25, 0.3) is 7.82 Å². The van der Waals surface area contributed by atoms with Crippen molar-refractivity contribution in [3.63, 3.8) is 0 Å². The molecule has 0 aromatic heterocycles. The molecule has 10 heteroatoms. The van der Waals surface area contributed by atoms with Crippen molar-refractivity contribution in [1.29, 1.82) is 0 Å². The van der Waals surface area contributed by atoms with E-state index < -0.39 is 26.6 Å². The first-order chi connectivity index (χ1) is 38.9. The molecule has 0 aliphatic heterocycles. The van der Waals surface area contributed by atoms with E-state index in [1.807, 2.05) is 33.3 Å². The van der Waals surface area contributed by atoms with Crippen LogP contribution in [0.4, 0.5) is 0 Å². The number of hydrogen-bond acceptors (Lipinski definition) is 7. The number of allylic oxidation sites excluding steroid dienone is 17. The number of carbonyl (C=O) groups is 2. The van der Waals surface area contributed by atoms with Crippen LogP contribution in [0.15, 0.2) is 109 Å². The van der Waals surface area contributed by atoms with Crippen LogP contribution in [0.1, 0.15) is 271 Å². The Morgan fingerprint density at radius 2 is 0.800 bits per heavy atom. The molecular weight excluding hydrogens is 1010 g/mol. The molecule has 0 bridgehead atoms. The van der Waals surface area contributed by atoms with E-state index in [-0.39, 0.29) is 31.3 Å². The topological polar surface area (TPSA) is 114 Å². The Bertz CT molecular complexity index is 1740. The van der Waals surface area contributed by atoms with Gasteiger partial charge in [-0.2, -0.15) is 0 Å². The molecule has 0 aliphatic carbocycles. The van der Waals surface area contributed by atoms with E-state index in [0.717, 1.165) is 109 Å². The van der Waals surface area contributed by atoms with Gasteiger partial charge in [-0.25, -0.2) is 0 Å². The fourth-order valence-corrected chi connectivity index (χ4v) is 9.63. The lowest BCUT2D eigenvalue weighted by Gasteiger charge is -2.30. The fourth-order valence-electron chi connectivity index (χ4n) is 8.91. The highest BCUT2D eigenvalue weighted by molar-refractivity contribution is 7.45. The van der Waals surface area contributed by atoms with E-state index in [1.165, 1.54) is 116 Å². The molecule has 1 N–H and O–H groups in total. The zero-order valence-corrected chi connectivity index (χ0v) is 53.4. The highest BCUT2D eigenvalue weighted by Crippen LogP contribution is 2.38. The van der Waals surface area contributed by atoms with Crippen LogP contribution in [0.25, 0.3) is 0 Å². The summed E-state index contributed by atoms with van der Waals surface area (Å²) in [4.78, 5) is 40.1. The molecule has 0 saturated carbocycles. The summed E-state index contributed by atoms with van der Waals surface area (Å²) >= 11 is 0. The SMILES string of the molecule is CC/C=C/C/C=C/C/C=C/C/C=C/CCCCCC(=O)NC(COP(=O)([O-])OCC[N+](C)(C)C)C(/C=C\CCCCCCCCCCCCC)OC(=O)CCCCCCCCCCC/C=C\C/C=C\C/C=C\C/C=C\CCCCC. The van der Waals surface area contributed by atoms with Gasteiger partial charge in [-0.3, -0.25) is 14.2 Å². The van der Waals surface area contributed by atoms with Crippen LogP contribution >= 0.6 is 7.82 Å². The molecule has 0 spiro atoms. The van der Waals surface area contributed by atoms with Gasteiger partial charge in [0.05, 0.1) is 33.8 Å². The minimum Gasteiger partial charge on any atom is -0.756 e. The molecule has 0 fully saturated rings. The number of amides is 1. The third-order valence-electron chi connectivity index (χ3n) is 13.9. The van der Waals surface area contributed by atoms with E-state index >= 15 is 0 Å². The van der Waals surface area contributed by atoms with Crippen molar-refractivity contribution in [2.75, 3.05) is 40.9 Å². The molecule has 0 saturated heterocycles. The standard InChI is InChI=1S/C70H123N2O7P/c1-7-10-13-16-19-22-25-28-30-32-33-34-35-36-37-38-39-40-42-45-48-51-54-57-60-63-70(74)79-68(61-58-55-52-49-46-43-27-24-21-18-15-12-9-3)67(66-78-80(75,76)77-65-64-72(4,5)6)71-69(73)62-59-56-53-50-47-44-41-31-29-26-23-20-17-14-11-8-2/h11,14,19-20,22-23,28-31,33-34,36-37,44,47,58,61,67-68H,7-10,12-13,15-18,21,24-27,32,35,38-43,45-46,48-57,59-60,62-66H2,1-6H3,(H-,71,73,75,76)/b14-11+,22-19-,23-20+,30-28-,31-29+,34-33-,37-36-,47-44+,61-58-. The van der Waals surface area contributed by atoms with Gasteiger partial charge < -0.3 is 28.5 Å². The molecule has 1 amide bonds. The molecule has 9 nitrogen and oxygen atoms in total. The van der Waals surface area contributed by atoms with Crippen molar-refractivity contribution in [1.82, 2.24) is 5.32 Å². The highest BCUT2D eigenvalue weighted by Gasteiger charge is 2.27. The molecule has 460 valence electrons. The Morgan fingerprint density at radius 1 is 0.450 bits per heavy atom. The smallest absolute Gasteiger partial charge is 0.306 e. The number of likely N-dealkylation sites (N-methyl/N-ethyl adjacent to an activating group) is 1. The Kier molecular flexibility index (Phi) is 56.4. The maximum atomic E-state index is 13.5. The lowest BCUT2D eigenvalue weighted by atomic mass is 10.0. The quantitative estimate of drug-likeness (QED) is 0.0212. The van der Waals surface area contributed by atoms with Gasteiger partial charge in [0, 0.05) is 12.8 Å². The minimum absolute atomic E-state index is 0.0349. The van der Waals surface area contributed by atoms with Crippen LogP contribution in [0.2, 0.25) is 0 Å². The number of nitrogens with zero attached hydrogens (tertiary/aromatic N) is 1. The van der Waals surface area contributed by atoms with Crippen LogP contribution in [0.3, 0.4) is 0 Å². The molecule has 3 atom stereocenters. The van der Waals surface area contributed by atoms with Crippen molar-refractivity contribution in [3.8, 4) is 0 Å². The van der Waals surface area contributed by atoms with Gasteiger partial charge in [-0.15, -0.1) is 0 Å². The van der Waals surface area contributed by atoms with Crippen LogP contribution in [0.5, 0.6) is 0 Å². The van der Waals surface area contributed by atoms with Crippen LogP contribution < -0.4 is 10.2 Å². The van der Waals surface area contributed by atoms with E-state index in [9.17, 15) is 19.0 Å². The molecule has 0 aliphatic rings. The summed E-state index contributed by atoms with van der Waals surface area (Å²) in [6.07, 6.45) is 80.6. The number of carbonyl (C=O) groups excluding carboxylic acids is 2. The zero-order chi connectivity index (χ0) is 58.6. The van der Waals surface area contributed by atoms with Crippen molar-refractivity contribution in [2.24, 2.45) is 0 Å². The van der Waals surface area contributed by atoms with E-state index in [4.69, 9.17) is 13.8 Å². The summed E-state index contributed by atoms with van der Waals surface area (Å²) in [5.74, 6) is -0.587. The minimum atomic E-state index is -4.72. The van der Waals surface area contributed by atoms with Gasteiger partial charge in [0.1, 0.15) is 19.3 Å². The lowest BCUT2D eigenvalue weighted by molar-refractivity contribution is -0.870. The molecule has 3 unspecified atom stereocenters. The summed E-state index contributed by atoms with van der Waals surface area (Å²) in [6.45, 7) is 6.67. The Morgan fingerprint density at radius 3 is 1.24 bits per heavy atom. The third kappa shape index (κ3) is 59.3. The predicted molar refractivity (Wildman–Crippen MR) is 344 cm³/mol. The van der Waals surface area contributed by atoms with E-state index in [2.05, 4.69) is 123 Å². The first-order valence-electron chi connectivity index (χ1n) is 32.7. The summed E-state index contributed by atoms with van der Waals surface area (Å²) in [5, 5.41) is 3.01. The monoisotopic (exact) mass is 1130 g/mol. The summed E-state index contributed by atoms with van der Waals surface area (Å²) in [7, 11) is 1.15. The van der Waals surface area contributed by atoms with Gasteiger partial charge in [0.2, 0.25) is 5.91 Å². The maximum absolute atomic E-state index is 13.5. The number of phosphoric acid groups is 1. The second-order valence-corrected chi connectivity index (χ2v) is 24.3. The summed E-state index contributed by atoms with van der Waals surface area (Å²) in [5.41, 5.74) is 0. The highest BCUT2D eigenvalue weighted by atomic mass is 31.2. The predicted octanol–water partition coefficient (Wildman–Crippen LogP) is 19.9. The number of ether oxygens (including phenoxy) is 1. The Hall–Kier alpha value is -3.33. The van der Waals surface area contributed by atoms with Gasteiger partial charge in [-0.1, -0.05) is 252 Å². The van der Waals surface area contributed by atoms with Gasteiger partial charge in [-0.05, 0) is 115 Å². The lowest BCUT2D eigenvalue weighted by Crippen LogP contribution is -2.47. The zero-order valence-electron chi connectivity index (χ0n) is 52.5. The van der Waals surface area contributed by atoms with Crippen LogP contribution in [-0.4, -0.2) is 69.4 Å². The second kappa shape index (κ2) is 58.9. The number of nitrogens with one attached hydrogen (secondary N) is 1. The molecule has 0 rings (SSSR count). The largest absolute Gasteiger partial charge is 0.756 e. The summed E-state index contributed by atoms with van der Waals surface area (Å²) in [6, 6.07) is -0.915. The maximum Gasteiger partial charge on any atom is 0.306 e. The number of rotatable bonds is 58. The molecule has 0 radical (unpaired) electrons. The van der Waals surface area contributed by atoms with Crippen LogP contribution in [-0.2, 0) is 27.9 Å². The number of unbranched alkanes of at least 4 members (excludes halogenated alkanes) is 26. The summed E-state index contributed by atoms with van der Waals surface area (Å²) < 4.78 is 30.3. The van der Waals surface area contributed by atoms with Crippen molar-refractivity contribution in [3.05, 3.63) is 109 Å². The first kappa shape index (κ1) is 76.7. The van der Waals surface area contributed by atoms with Crippen LogP contribution in [0, 0.1) is 0 Å². The number of phosphoric ester groups is 1. The molecule has 0 aromatic rings. The van der Waals surface area contributed by atoms with Crippen molar-refractivity contribution < 1.29 is 37.3 Å². The van der Waals surface area contributed by atoms with Gasteiger partial charge >= 0.3 is 5.97 Å². The van der Waals surface area contributed by atoms with Crippen molar-refractivity contribution in [2.45, 2.75) is 283 Å². The number of hydrogen-bond donors (Lipinski definition) is 1. The molecule has 80 heavy (non-hydrogen) atoms. The Balaban J connectivity index is 5.24. The number of quaternary nitrogens is 1. The molecule has 0 aromatic carbocycles. The second-order valence-electron chi connectivity index (χ2n) is 22.9. The number of esters is 1. The fraction of sp³-hybridized carbons (Fsp3) is 0.714. The molecule has 0 heterocycles. The Labute approximate surface area is 493 Å². The third-order valence-corrected chi connectivity index (χ3v) is 14.9. The van der Waals surface area contributed by atoms with Gasteiger partial charge in [0.15, 0.2) is 0 Å². The average Bonchev–Trinajstić information content (AvgIpc) is 3.42. The normalized spacial score (nSPS) is 14.3. The van der Waals surface area contributed by atoms with Crippen molar-refractivity contribution >= 4 is 19.7 Å².